The molecule has 0 atom stereocenters. The topological polar surface area (TPSA) is 39.1 Å². The lowest BCUT2D eigenvalue weighted by molar-refractivity contribution is 0.288. The summed E-state index contributed by atoms with van der Waals surface area (Å²) in [6.45, 7) is 6.16. The van der Waals surface area contributed by atoms with Crippen molar-refractivity contribution in [3.8, 4) is 5.75 Å². The number of benzene rings is 1. The molecule has 0 amide bonds. The van der Waals surface area contributed by atoms with Gasteiger partial charge in [0.2, 0.25) is 0 Å². The Kier molecular flexibility index (Phi) is 5.84. The summed E-state index contributed by atoms with van der Waals surface area (Å²) >= 11 is 7.09. The highest BCUT2D eigenvalue weighted by Gasteiger charge is 2.13. The van der Waals surface area contributed by atoms with Crippen LogP contribution in [0.2, 0.25) is 0 Å². The molecule has 0 spiro atoms. The average molecular weight is 417 g/mol. The molecule has 0 aliphatic rings. The van der Waals surface area contributed by atoms with E-state index in [4.69, 9.17) is 4.74 Å². The van der Waals surface area contributed by atoms with Crippen molar-refractivity contribution >= 4 is 31.9 Å². The van der Waals surface area contributed by atoms with E-state index in [1.165, 1.54) is 0 Å². The molecule has 2 rings (SSSR count). The van der Waals surface area contributed by atoms with Gasteiger partial charge in [0.15, 0.2) is 0 Å². The first-order valence-corrected chi connectivity index (χ1v) is 8.43. The third-order valence-corrected chi connectivity index (χ3v) is 4.73. The molecule has 0 aliphatic heterocycles. The normalized spacial score (nSPS) is 10.9. The molecule has 114 valence electrons. The SMILES string of the molecule is CCn1nc(C)c(Br)c1COc1ccc(Br)cc1CNC. The third kappa shape index (κ3) is 3.87. The fourth-order valence-corrected chi connectivity index (χ4v) is 2.98. The highest BCUT2D eigenvalue weighted by Crippen LogP contribution is 2.26. The van der Waals surface area contributed by atoms with Gasteiger partial charge in [-0.1, -0.05) is 15.9 Å². The fraction of sp³-hybridized carbons (Fsp3) is 0.400. The van der Waals surface area contributed by atoms with Crippen molar-refractivity contribution in [1.29, 1.82) is 0 Å². The van der Waals surface area contributed by atoms with Crippen molar-refractivity contribution in [3.05, 3.63) is 44.1 Å². The van der Waals surface area contributed by atoms with Crippen molar-refractivity contribution in [2.24, 2.45) is 0 Å². The second-order valence-electron chi connectivity index (χ2n) is 4.73. The van der Waals surface area contributed by atoms with E-state index in [0.29, 0.717) is 6.61 Å². The summed E-state index contributed by atoms with van der Waals surface area (Å²) in [6, 6.07) is 6.05. The van der Waals surface area contributed by atoms with Crippen LogP contribution in [0.1, 0.15) is 23.9 Å². The Labute approximate surface area is 142 Å². The summed E-state index contributed by atoms with van der Waals surface area (Å²) in [5, 5.41) is 7.64. The molecular weight excluding hydrogens is 398 g/mol. The van der Waals surface area contributed by atoms with Gasteiger partial charge in [-0.3, -0.25) is 4.68 Å². The lowest BCUT2D eigenvalue weighted by Crippen LogP contribution is -2.10. The number of hydrogen-bond acceptors (Lipinski definition) is 3. The second kappa shape index (κ2) is 7.42. The van der Waals surface area contributed by atoms with Crippen molar-refractivity contribution in [2.75, 3.05) is 7.05 Å². The van der Waals surface area contributed by atoms with E-state index in [-0.39, 0.29) is 0 Å². The van der Waals surface area contributed by atoms with Crippen molar-refractivity contribution in [3.63, 3.8) is 0 Å². The minimum atomic E-state index is 0.494. The van der Waals surface area contributed by atoms with Crippen LogP contribution in [0.4, 0.5) is 0 Å². The minimum absolute atomic E-state index is 0.494. The van der Waals surface area contributed by atoms with E-state index in [1.54, 1.807) is 0 Å². The molecule has 4 nitrogen and oxygen atoms in total. The number of ether oxygens (including phenoxy) is 1. The maximum atomic E-state index is 6.02. The minimum Gasteiger partial charge on any atom is -0.487 e. The number of nitrogens with one attached hydrogen (secondary N) is 1. The maximum absolute atomic E-state index is 6.02. The number of aryl methyl sites for hydroxylation is 2. The molecule has 0 saturated heterocycles. The third-order valence-electron chi connectivity index (χ3n) is 3.21. The van der Waals surface area contributed by atoms with E-state index in [0.717, 1.165) is 44.7 Å². The van der Waals surface area contributed by atoms with E-state index in [9.17, 15) is 0 Å². The summed E-state index contributed by atoms with van der Waals surface area (Å²) < 4.78 is 10.1. The van der Waals surface area contributed by atoms with Gasteiger partial charge < -0.3 is 10.1 Å². The summed E-state index contributed by atoms with van der Waals surface area (Å²) in [6.07, 6.45) is 0. The Hall–Kier alpha value is -0.850. The zero-order valence-electron chi connectivity index (χ0n) is 12.4. The van der Waals surface area contributed by atoms with Crippen LogP contribution < -0.4 is 10.1 Å². The van der Waals surface area contributed by atoms with Crippen LogP contribution in [-0.4, -0.2) is 16.8 Å². The Morgan fingerprint density at radius 3 is 2.76 bits per heavy atom. The van der Waals surface area contributed by atoms with Gasteiger partial charge in [0.25, 0.3) is 0 Å². The molecule has 6 heteroatoms. The highest BCUT2D eigenvalue weighted by molar-refractivity contribution is 9.10. The number of aromatic nitrogens is 2. The standard InChI is InChI=1S/C15H19Br2N3O/c1-4-20-13(15(17)10(2)19-20)9-21-14-6-5-12(16)7-11(14)8-18-3/h5-7,18H,4,8-9H2,1-3H3. The summed E-state index contributed by atoms with van der Waals surface area (Å²) in [7, 11) is 1.93. The number of hydrogen-bond donors (Lipinski definition) is 1. The first kappa shape index (κ1) is 16.5. The molecular formula is C15H19Br2N3O. The van der Waals surface area contributed by atoms with Gasteiger partial charge in [-0.25, -0.2) is 0 Å². The molecule has 0 unspecified atom stereocenters. The van der Waals surface area contributed by atoms with E-state index >= 15 is 0 Å². The monoisotopic (exact) mass is 415 g/mol. The van der Waals surface area contributed by atoms with Crippen LogP contribution in [0.15, 0.2) is 27.1 Å². The van der Waals surface area contributed by atoms with Gasteiger partial charge in [0, 0.05) is 23.1 Å². The zero-order chi connectivity index (χ0) is 15.4. The number of rotatable bonds is 6. The van der Waals surface area contributed by atoms with Gasteiger partial charge in [-0.2, -0.15) is 5.10 Å². The van der Waals surface area contributed by atoms with E-state index in [2.05, 4.69) is 55.3 Å². The van der Waals surface area contributed by atoms with Crippen LogP contribution in [0.5, 0.6) is 5.75 Å². The smallest absolute Gasteiger partial charge is 0.131 e. The fourth-order valence-electron chi connectivity index (χ4n) is 2.17. The molecule has 21 heavy (non-hydrogen) atoms. The van der Waals surface area contributed by atoms with Gasteiger partial charge in [-0.05, 0) is 55.0 Å². The van der Waals surface area contributed by atoms with Crippen molar-refractivity contribution < 1.29 is 4.74 Å². The first-order chi connectivity index (χ1) is 10.1. The van der Waals surface area contributed by atoms with Crippen molar-refractivity contribution in [2.45, 2.75) is 33.5 Å². The van der Waals surface area contributed by atoms with E-state index in [1.807, 2.05) is 30.8 Å². The van der Waals surface area contributed by atoms with Gasteiger partial charge in [0.05, 0.1) is 15.9 Å². The average Bonchev–Trinajstić information content (AvgIpc) is 2.74. The first-order valence-electron chi connectivity index (χ1n) is 6.84. The molecule has 1 aromatic heterocycles. The summed E-state index contributed by atoms with van der Waals surface area (Å²) in [4.78, 5) is 0. The Balaban J connectivity index is 2.20. The molecule has 0 fully saturated rings. The Morgan fingerprint density at radius 1 is 1.33 bits per heavy atom. The molecule has 0 bridgehead atoms. The van der Waals surface area contributed by atoms with Crippen molar-refractivity contribution in [1.82, 2.24) is 15.1 Å². The molecule has 0 saturated carbocycles. The molecule has 1 aromatic carbocycles. The van der Waals surface area contributed by atoms with Crippen LogP contribution >= 0.6 is 31.9 Å². The Morgan fingerprint density at radius 2 is 2.10 bits per heavy atom. The van der Waals surface area contributed by atoms with Gasteiger partial charge in [-0.15, -0.1) is 0 Å². The molecule has 1 N–H and O–H groups in total. The molecule has 1 heterocycles. The Bertz CT molecular complexity index is 626. The van der Waals surface area contributed by atoms with Crippen LogP contribution in [0, 0.1) is 6.92 Å². The molecule has 0 radical (unpaired) electrons. The van der Waals surface area contributed by atoms with Gasteiger partial charge in [0.1, 0.15) is 12.4 Å². The lowest BCUT2D eigenvalue weighted by Gasteiger charge is -2.13. The highest BCUT2D eigenvalue weighted by atomic mass is 79.9. The second-order valence-corrected chi connectivity index (χ2v) is 6.44. The summed E-state index contributed by atoms with van der Waals surface area (Å²) in [5.41, 5.74) is 3.18. The van der Waals surface area contributed by atoms with E-state index < -0.39 is 0 Å². The predicted molar refractivity (Wildman–Crippen MR) is 91.6 cm³/mol. The zero-order valence-corrected chi connectivity index (χ0v) is 15.6. The number of nitrogens with zero attached hydrogens (tertiary/aromatic N) is 2. The summed E-state index contributed by atoms with van der Waals surface area (Å²) in [5.74, 6) is 0.890. The van der Waals surface area contributed by atoms with Crippen LogP contribution in [0.25, 0.3) is 0 Å². The lowest BCUT2D eigenvalue weighted by atomic mass is 10.2. The quantitative estimate of drug-likeness (QED) is 0.772. The van der Waals surface area contributed by atoms with Crippen LogP contribution in [-0.2, 0) is 19.7 Å². The molecule has 2 aromatic rings. The maximum Gasteiger partial charge on any atom is 0.131 e. The largest absolute Gasteiger partial charge is 0.487 e. The van der Waals surface area contributed by atoms with Gasteiger partial charge >= 0.3 is 0 Å². The van der Waals surface area contributed by atoms with Crippen LogP contribution in [0.3, 0.4) is 0 Å². The molecule has 0 aliphatic carbocycles. The predicted octanol–water partition coefficient (Wildman–Crippen LogP) is 4.03. The number of halogens is 2.